The fraction of sp³-hybridized carbons (Fsp3) is 0.682. The highest BCUT2D eigenvalue weighted by molar-refractivity contribution is 5.89. The molecule has 0 atom stereocenters. The van der Waals surface area contributed by atoms with Crippen LogP contribution >= 0.6 is 0 Å². The molecule has 0 spiro atoms. The number of ether oxygens (including phenoxy) is 3. The molecule has 1 heterocycles. The summed E-state index contributed by atoms with van der Waals surface area (Å²) in [4.78, 5) is 12.4. The van der Waals surface area contributed by atoms with Crippen LogP contribution in [0.5, 0.6) is 0 Å². The maximum absolute atomic E-state index is 14.5. The van der Waals surface area contributed by atoms with Crippen molar-refractivity contribution in [2.45, 2.75) is 71.2 Å². The summed E-state index contributed by atoms with van der Waals surface area (Å²) in [5, 5.41) is 0. The molecule has 2 aliphatic rings. The van der Waals surface area contributed by atoms with Gasteiger partial charge in [-0.3, -0.25) is 0 Å². The highest BCUT2D eigenvalue weighted by Crippen LogP contribution is 2.31. The van der Waals surface area contributed by atoms with E-state index < -0.39 is 18.1 Å². The lowest BCUT2D eigenvalue weighted by Gasteiger charge is -2.29. The first-order valence-corrected chi connectivity index (χ1v) is 10.3. The van der Waals surface area contributed by atoms with Gasteiger partial charge in [0.05, 0.1) is 18.8 Å². The van der Waals surface area contributed by atoms with Crippen molar-refractivity contribution < 1.29 is 23.4 Å². The normalized spacial score (nSPS) is 28.7. The largest absolute Gasteiger partial charge is 0.459 e. The molecule has 3 rings (SSSR count). The number of hydrogen-bond acceptors (Lipinski definition) is 4. The molecule has 5 heteroatoms. The Balaban J connectivity index is 1.56. The van der Waals surface area contributed by atoms with Gasteiger partial charge in [-0.15, -0.1) is 0 Å². The van der Waals surface area contributed by atoms with Crippen LogP contribution in [0.4, 0.5) is 4.39 Å². The van der Waals surface area contributed by atoms with E-state index in [1.165, 1.54) is 12.5 Å². The Morgan fingerprint density at radius 1 is 1.11 bits per heavy atom. The first-order valence-electron chi connectivity index (χ1n) is 10.3. The molecule has 1 aromatic rings. The Hall–Kier alpha value is -1.46. The SMILES string of the molecule is CCCC1COC(c2ccc(C(=O)OC3CCC(CC)CC3)cc2F)OC1. The van der Waals surface area contributed by atoms with Gasteiger partial charge in [-0.25, -0.2) is 9.18 Å². The van der Waals surface area contributed by atoms with Crippen LogP contribution < -0.4 is 0 Å². The van der Waals surface area contributed by atoms with Gasteiger partial charge in [0.25, 0.3) is 0 Å². The Morgan fingerprint density at radius 3 is 2.41 bits per heavy atom. The number of halogens is 1. The van der Waals surface area contributed by atoms with Gasteiger partial charge < -0.3 is 14.2 Å². The second-order valence-corrected chi connectivity index (χ2v) is 7.85. The van der Waals surface area contributed by atoms with Gasteiger partial charge in [0.1, 0.15) is 11.9 Å². The van der Waals surface area contributed by atoms with E-state index >= 15 is 0 Å². The molecule has 2 fully saturated rings. The third kappa shape index (κ3) is 5.29. The Kier molecular flexibility index (Phi) is 7.25. The quantitative estimate of drug-likeness (QED) is 0.621. The van der Waals surface area contributed by atoms with Gasteiger partial charge in [-0.05, 0) is 50.2 Å². The number of esters is 1. The second-order valence-electron chi connectivity index (χ2n) is 7.85. The number of hydrogen-bond donors (Lipinski definition) is 0. The van der Waals surface area contributed by atoms with E-state index in [0.29, 0.717) is 24.7 Å². The summed E-state index contributed by atoms with van der Waals surface area (Å²) >= 11 is 0. The third-order valence-corrected chi connectivity index (χ3v) is 5.80. The standard InChI is InChI=1S/C22H31FO4/c1-3-5-16-13-25-22(26-14-16)19-11-8-17(12-20(19)23)21(24)27-18-9-6-15(4-2)7-10-18/h8,11-12,15-16,18,22H,3-7,9-10,13-14H2,1-2H3. The summed E-state index contributed by atoms with van der Waals surface area (Å²) in [5.74, 6) is 0.169. The number of carbonyl (C=O) groups excluding carboxylic acids is 1. The fourth-order valence-corrected chi connectivity index (χ4v) is 4.02. The molecular formula is C22H31FO4. The van der Waals surface area contributed by atoms with Crippen molar-refractivity contribution in [1.82, 2.24) is 0 Å². The van der Waals surface area contributed by atoms with Crippen molar-refractivity contribution in [2.75, 3.05) is 13.2 Å². The van der Waals surface area contributed by atoms with E-state index in [-0.39, 0.29) is 11.7 Å². The monoisotopic (exact) mass is 378 g/mol. The Labute approximate surface area is 161 Å². The average Bonchev–Trinajstić information content (AvgIpc) is 2.69. The Bertz CT molecular complexity index is 617. The molecule has 0 bridgehead atoms. The molecule has 1 saturated heterocycles. The molecule has 0 unspecified atom stereocenters. The predicted octanol–water partition coefficient (Wildman–Crippen LogP) is 5.41. The predicted molar refractivity (Wildman–Crippen MR) is 101 cm³/mol. The summed E-state index contributed by atoms with van der Waals surface area (Å²) < 4.78 is 31.5. The molecule has 0 N–H and O–H groups in total. The van der Waals surface area contributed by atoms with Crippen molar-refractivity contribution in [3.8, 4) is 0 Å². The van der Waals surface area contributed by atoms with Crippen molar-refractivity contribution in [1.29, 1.82) is 0 Å². The minimum atomic E-state index is -0.701. The first-order chi connectivity index (χ1) is 13.1. The summed E-state index contributed by atoms with van der Waals surface area (Å²) in [7, 11) is 0. The number of carbonyl (C=O) groups is 1. The molecule has 27 heavy (non-hydrogen) atoms. The van der Waals surface area contributed by atoms with E-state index in [1.54, 1.807) is 12.1 Å². The molecular weight excluding hydrogens is 347 g/mol. The van der Waals surface area contributed by atoms with Gasteiger partial charge in [0.15, 0.2) is 6.29 Å². The molecule has 1 aliphatic heterocycles. The zero-order valence-electron chi connectivity index (χ0n) is 16.4. The maximum Gasteiger partial charge on any atom is 0.338 e. The molecule has 4 nitrogen and oxygen atoms in total. The fourth-order valence-electron chi connectivity index (χ4n) is 4.02. The van der Waals surface area contributed by atoms with Crippen LogP contribution in [0.3, 0.4) is 0 Å². The van der Waals surface area contributed by atoms with Crippen LogP contribution in [-0.4, -0.2) is 25.3 Å². The van der Waals surface area contributed by atoms with E-state index in [1.807, 2.05) is 0 Å². The van der Waals surface area contributed by atoms with Gasteiger partial charge in [0.2, 0.25) is 0 Å². The van der Waals surface area contributed by atoms with Crippen molar-refractivity contribution in [2.24, 2.45) is 11.8 Å². The lowest BCUT2D eigenvalue weighted by Crippen LogP contribution is -2.27. The molecule has 1 aromatic carbocycles. The molecule has 1 aliphatic carbocycles. The zero-order chi connectivity index (χ0) is 19.2. The highest BCUT2D eigenvalue weighted by Gasteiger charge is 2.27. The van der Waals surface area contributed by atoms with Crippen LogP contribution in [-0.2, 0) is 14.2 Å². The lowest BCUT2D eigenvalue weighted by molar-refractivity contribution is -0.207. The summed E-state index contributed by atoms with van der Waals surface area (Å²) in [5.41, 5.74) is 0.582. The van der Waals surface area contributed by atoms with Crippen LogP contribution in [0.15, 0.2) is 18.2 Å². The van der Waals surface area contributed by atoms with E-state index in [9.17, 15) is 9.18 Å². The molecule has 1 saturated carbocycles. The maximum atomic E-state index is 14.5. The number of rotatable bonds is 6. The van der Waals surface area contributed by atoms with Gasteiger partial charge in [0, 0.05) is 11.5 Å². The minimum Gasteiger partial charge on any atom is -0.459 e. The van der Waals surface area contributed by atoms with Crippen LogP contribution in [0.1, 0.15) is 81.0 Å². The summed E-state index contributed by atoms with van der Waals surface area (Å²) in [6, 6.07) is 4.41. The van der Waals surface area contributed by atoms with Crippen LogP contribution in [0.2, 0.25) is 0 Å². The minimum absolute atomic E-state index is 0.0523. The third-order valence-electron chi connectivity index (χ3n) is 5.80. The highest BCUT2D eigenvalue weighted by atomic mass is 19.1. The second kappa shape index (κ2) is 9.65. The zero-order valence-corrected chi connectivity index (χ0v) is 16.4. The van der Waals surface area contributed by atoms with Crippen LogP contribution in [0.25, 0.3) is 0 Å². The van der Waals surface area contributed by atoms with Crippen molar-refractivity contribution in [3.05, 3.63) is 35.1 Å². The van der Waals surface area contributed by atoms with E-state index in [4.69, 9.17) is 14.2 Å². The average molecular weight is 378 g/mol. The summed E-state index contributed by atoms with van der Waals surface area (Å²) in [6.07, 6.45) is 6.52. The van der Waals surface area contributed by atoms with Gasteiger partial charge >= 0.3 is 5.97 Å². The van der Waals surface area contributed by atoms with Crippen molar-refractivity contribution in [3.63, 3.8) is 0 Å². The Morgan fingerprint density at radius 2 is 1.81 bits per heavy atom. The molecule has 0 aromatic heterocycles. The first kappa shape index (κ1) is 20.3. The van der Waals surface area contributed by atoms with Crippen LogP contribution in [0, 0.1) is 17.7 Å². The van der Waals surface area contributed by atoms with Gasteiger partial charge in [-0.2, -0.15) is 0 Å². The van der Waals surface area contributed by atoms with Gasteiger partial charge in [-0.1, -0.05) is 32.8 Å². The smallest absolute Gasteiger partial charge is 0.338 e. The molecule has 0 radical (unpaired) electrons. The summed E-state index contributed by atoms with van der Waals surface area (Å²) in [6.45, 7) is 5.47. The number of benzene rings is 1. The van der Waals surface area contributed by atoms with Crippen molar-refractivity contribution >= 4 is 5.97 Å². The topological polar surface area (TPSA) is 44.8 Å². The van der Waals surface area contributed by atoms with E-state index in [2.05, 4.69) is 13.8 Å². The molecule has 150 valence electrons. The van der Waals surface area contributed by atoms with E-state index in [0.717, 1.165) is 44.4 Å². The molecule has 0 amide bonds. The lowest BCUT2D eigenvalue weighted by atomic mass is 9.86.